The van der Waals surface area contributed by atoms with Crippen molar-refractivity contribution in [2.24, 2.45) is 5.73 Å². The van der Waals surface area contributed by atoms with Crippen molar-refractivity contribution < 1.29 is 17.7 Å². The highest BCUT2D eigenvalue weighted by atomic mass is 32.2. The summed E-state index contributed by atoms with van der Waals surface area (Å²) in [4.78, 5) is 4.24. The van der Waals surface area contributed by atoms with Crippen molar-refractivity contribution >= 4 is 9.84 Å². The zero-order valence-electron chi connectivity index (χ0n) is 11.1. The molecule has 1 aromatic heterocycles. The van der Waals surface area contributed by atoms with Crippen molar-refractivity contribution in [3.05, 3.63) is 11.7 Å². The smallest absolute Gasteiger partial charge is 0.243 e. The molecule has 1 aromatic rings. The van der Waals surface area contributed by atoms with Crippen molar-refractivity contribution in [2.75, 3.05) is 18.6 Å². The van der Waals surface area contributed by atoms with Crippen LogP contribution in [0.2, 0.25) is 0 Å². The van der Waals surface area contributed by atoms with Crippen LogP contribution in [0, 0.1) is 0 Å². The molecule has 0 aromatic carbocycles. The van der Waals surface area contributed by atoms with Gasteiger partial charge in [-0.05, 0) is 26.2 Å². The lowest BCUT2D eigenvalue weighted by Crippen LogP contribution is -2.22. The van der Waals surface area contributed by atoms with Gasteiger partial charge < -0.3 is 15.0 Å². The number of hydrogen-bond donors (Lipinski definition) is 1. The molecule has 0 amide bonds. The molecule has 19 heavy (non-hydrogen) atoms. The van der Waals surface area contributed by atoms with Gasteiger partial charge in [0.25, 0.3) is 0 Å². The van der Waals surface area contributed by atoms with E-state index in [0.717, 1.165) is 12.8 Å². The summed E-state index contributed by atoms with van der Waals surface area (Å²) in [5, 5.41) is 3.89. The fourth-order valence-corrected chi connectivity index (χ4v) is 2.70. The number of rotatable bonds is 5. The fourth-order valence-electron chi connectivity index (χ4n) is 2.02. The molecule has 7 nitrogen and oxygen atoms in total. The van der Waals surface area contributed by atoms with Gasteiger partial charge in [0.05, 0.1) is 11.8 Å². The Balaban J connectivity index is 2.04. The molecular weight excluding hydrogens is 270 g/mol. The normalized spacial score (nSPS) is 25.6. The van der Waals surface area contributed by atoms with Gasteiger partial charge in [0.15, 0.2) is 0 Å². The Kier molecular flexibility index (Phi) is 3.93. The number of sulfone groups is 1. The van der Waals surface area contributed by atoms with Gasteiger partial charge >= 0.3 is 0 Å². The van der Waals surface area contributed by atoms with Crippen LogP contribution in [0.4, 0.5) is 0 Å². The van der Waals surface area contributed by atoms with Crippen LogP contribution in [0.15, 0.2) is 4.52 Å². The first-order valence-electron chi connectivity index (χ1n) is 6.21. The second-order valence-corrected chi connectivity index (χ2v) is 7.42. The van der Waals surface area contributed by atoms with Crippen LogP contribution in [0.5, 0.6) is 0 Å². The predicted molar refractivity (Wildman–Crippen MR) is 68.1 cm³/mol. The molecule has 2 heterocycles. The predicted octanol–water partition coefficient (Wildman–Crippen LogP) is 0.530. The third kappa shape index (κ3) is 3.52. The highest BCUT2D eigenvalue weighted by molar-refractivity contribution is 7.90. The second-order valence-electron chi connectivity index (χ2n) is 5.16. The number of nitrogens with two attached hydrogens (primary N) is 1. The molecule has 8 heteroatoms. The lowest BCUT2D eigenvalue weighted by atomic mass is 10.0. The van der Waals surface area contributed by atoms with Crippen molar-refractivity contribution in [1.29, 1.82) is 0 Å². The van der Waals surface area contributed by atoms with Crippen LogP contribution in [0.25, 0.3) is 0 Å². The molecule has 2 unspecified atom stereocenters. The third-order valence-electron chi connectivity index (χ3n) is 3.25. The van der Waals surface area contributed by atoms with E-state index in [1.165, 1.54) is 6.26 Å². The number of nitrogens with zero attached hydrogens (tertiary/aromatic N) is 2. The molecule has 0 aliphatic carbocycles. The highest BCUT2D eigenvalue weighted by Crippen LogP contribution is 2.34. The summed E-state index contributed by atoms with van der Waals surface area (Å²) in [6.45, 7) is 2.59. The van der Waals surface area contributed by atoms with Crippen molar-refractivity contribution in [3.63, 3.8) is 0 Å². The Bertz CT molecular complexity index is 534. The lowest BCUT2D eigenvalue weighted by molar-refractivity contribution is 0.00768. The molecule has 0 saturated carbocycles. The van der Waals surface area contributed by atoms with Gasteiger partial charge in [0, 0.05) is 12.9 Å². The van der Waals surface area contributed by atoms with Crippen LogP contribution in [-0.4, -0.2) is 37.2 Å². The van der Waals surface area contributed by atoms with Gasteiger partial charge in [-0.3, -0.25) is 0 Å². The molecular formula is C11H19N3O4S. The maximum Gasteiger partial charge on any atom is 0.243 e. The SMILES string of the molecule is CC1(c2noc(C(N)CCS(C)(=O)=O)n2)CCCO1. The summed E-state index contributed by atoms with van der Waals surface area (Å²) in [5.41, 5.74) is 5.34. The standard InChI is InChI=1S/C11H19N3O4S/c1-11(5-3-6-17-11)10-13-9(18-14-10)8(12)4-7-19(2,15)16/h8H,3-7,12H2,1-2H3. The van der Waals surface area contributed by atoms with Gasteiger partial charge in [-0.1, -0.05) is 5.16 Å². The summed E-state index contributed by atoms with van der Waals surface area (Å²) in [5.74, 6) is 0.741. The average molecular weight is 289 g/mol. The van der Waals surface area contributed by atoms with E-state index in [1.54, 1.807) is 0 Å². The summed E-state index contributed by atoms with van der Waals surface area (Å²) in [6, 6.07) is -0.569. The minimum Gasteiger partial charge on any atom is -0.367 e. The Morgan fingerprint density at radius 3 is 2.84 bits per heavy atom. The maximum absolute atomic E-state index is 11.1. The van der Waals surface area contributed by atoms with E-state index in [9.17, 15) is 8.42 Å². The molecule has 1 saturated heterocycles. The third-order valence-corrected chi connectivity index (χ3v) is 4.23. The number of hydrogen-bond acceptors (Lipinski definition) is 7. The molecule has 2 atom stereocenters. The molecule has 1 aliphatic heterocycles. The first-order valence-corrected chi connectivity index (χ1v) is 8.27. The second kappa shape index (κ2) is 5.18. The van der Waals surface area contributed by atoms with Crippen LogP contribution in [0.1, 0.15) is 43.9 Å². The van der Waals surface area contributed by atoms with Crippen LogP contribution in [-0.2, 0) is 20.2 Å². The van der Waals surface area contributed by atoms with E-state index >= 15 is 0 Å². The minimum absolute atomic E-state index is 0.000349. The highest BCUT2D eigenvalue weighted by Gasteiger charge is 2.37. The Morgan fingerprint density at radius 2 is 2.26 bits per heavy atom. The zero-order valence-corrected chi connectivity index (χ0v) is 11.9. The first kappa shape index (κ1) is 14.4. The Morgan fingerprint density at radius 1 is 1.53 bits per heavy atom. The average Bonchev–Trinajstić information content (AvgIpc) is 2.94. The van der Waals surface area contributed by atoms with Crippen LogP contribution in [0.3, 0.4) is 0 Å². The first-order chi connectivity index (χ1) is 8.80. The van der Waals surface area contributed by atoms with Gasteiger partial charge in [0.1, 0.15) is 15.4 Å². The summed E-state index contributed by atoms with van der Waals surface area (Å²) < 4.78 is 32.9. The molecule has 0 bridgehead atoms. The van der Waals surface area contributed by atoms with E-state index in [-0.39, 0.29) is 18.1 Å². The van der Waals surface area contributed by atoms with E-state index in [2.05, 4.69) is 10.1 Å². The fraction of sp³-hybridized carbons (Fsp3) is 0.818. The van der Waals surface area contributed by atoms with Gasteiger partial charge in [-0.2, -0.15) is 4.98 Å². The van der Waals surface area contributed by atoms with Gasteiger partial charge in [0.2, 0.25) is 11.7 Å². The largest absolute Gasteiger partial charge is 0.367 e. The molecule has 0 spiro atoms. The lowest BCUT2D eigenvalue weighted by Gasteiger charge is -2.17. The van der Waals surface area contributed by atoms with Crippen molar-refractivity contribution in [3.8, 4) is 0 Å². The van der Waals surface area contributed by atoms with E-state index < -0.39 is 21.5 Å². The zero-order chi connectivity index (χ0) is 14.1. The topological polar surface area (TPSA) is 108 Å². The van der Waals surface area contributed by atoms with Crippen molar-refractivity contribution in [1.82, 2.24) is 10.1 Å². The number of ether oxygens (including phenoxy) is 1. The van der Waals surface area contributed by atoms with E-state index in [4.69, 9.17) is 15.0 Å². The van der Waals surface area contributed by atoms with E-state index in [1.807, 2.05) is 6.92 Å². The molecule has 2 rings (SSSR count). The van der Waals surface area contributed by atoms with Gasteiger partial charge in [-0.15, -0.1) is 0 Å². The van der Waals surface area contributed by atoms with Crippen LogP contribution >= 0.6 is 0 Å². The quantitative estimate of drug-likeness (QED) is 0.842. The molecule has 0 radical (unpaired) electrons. The summed E-state index contributed by atoms with van der Waals surface area (Å²) in [7, 11) is -3.04. The molecule has 1 fully saturated rings. The maximum atomic E-state index is 11.1. The van der Waals surface area contributed by atoms with Gasteiger partial charge in [-0.25, -0.2) is 8.42 Å². The minimum atomic E-state index is -3.04. The summed E-state index contributed by atoms with van der Waals surface area (Å²) >= 11 is 0. The summed E-state index contributed by atoms with van der Waals surface area (Å²) in [6.07, 6.45) is 3.23. The Hall–Kier alpha value is -0.990. The van der Waals surface area contributed by atoms with Crippen molar-refractivity contribution in [2.45, 2.75) is 37.8 Å². The number of aromatic nitrogens is 2. The molecule has 1 aliphatic rings. The molecule has 2 N–H and O–H groups in total. The Labute approximate surface area is 112 Å². The monoisotopic (exact) mass is 289 g/mol. The molecule has 108 valence electrons. The van der Waals surface area contributed by atoms with Crippen LogP contribution < -0.4 is 5.73 Å². The van der Waals surface area contributed by atoms with E-state index in [0.29, 0.717) is 12.4 Å².